The summed E-state index contributed by atoms with van der Waals surface area (Å²) < 4.78 is 53.4. The van der Waals surface area contributed by atoms with Gasteiger partial charge in [0.25, 0.3) is 0 Å². The van der Waals surface area contributed by atoms with E-state index >= 15 is 0 Å². The van der Waals surface area contributed by atoms with Gasteiger partial charge in [0.2, 0.25) is 5.43 Å². The number of benzene rings is 1. The van der Waals surface area contributed by atoms with Gasteiger partial charge in [-0.3, -0.25) is 9.59 Å². The lowest BCUT2D eigenvalue weighted by atomic mass is 10.0. The zero-order valence-electron chi connectivity index (χ0n) is 13.9. The van der Waals surface area contributed by atoms with Crippen molar-refractivity contribution in [1.29, 1.82) is 0 Å². The molecular formula is C17H11F4N3O4. The molecule has 2 N–H and O–H groups in total. The third kappa shape index (κ3) is 3.50. The highest BCUT2D eigenvalue weighted by molar-refractivity contribution is 5.77. The fourth-order valence-corrected chi connectivity index (χ4v) is 2.69. The molecule has 0 amide bonds. The molecule has 3 aromatic rings. The molecule has 28 heavy (non-hydrogen) atoms. The predicted molar refractivity (Wildman–Crippen MR) is 87.8 cm³/mol. The Morgan fingerprint density at radius 2 is 1.86 bits per heavy atom. The molecule has 0 unspecified atom stereocenters. The van der Waals surface area contributed by atoms with Crippen molar-refractivity contribution in [2.24, 2.45) is 0 Å². The topological polar surface area (TPSA) is 105 Å². The van der Waals surface area contributed by atoms with Gasteiger partial charge in [0.15, 0.2) is 11.0 Å². The van der Waals surface area contributed by atoms with E-state index in [1.54, 1.807) is 0 Å². The van der Waals surface area contributed by atoms with Gasteiger partial charge in [0.1, 0.15) is 17.9 Å². The van der Waals surface area contributed by atoms with Crippen LogP contribution in [0.5, 0.6) is 0 Å². The van der Waals surface area contributed by atoms with E-state index in [0.717, 1.165) is 23.0 Å². The molecule has 2 aromatic heterocycles. The average Bonchev–Trinajstić information content (AvgIpc) is 3.07. The molecule has 7 nitrogen and oxygen atoms in total. The Kier molecular flexibility index (Phi) is 4.75. The molecular weight excluding hydrogens is 386 g/mol. The molecule has 2 heterocycles. The van der Waals surface area contributed by atoms with Crippen molar-refractivity contribution in [1.82, 2.24) is 14.6 Å². The highest BCUT2D eigenvalue weighted by Crippen LogP contribution is 2.34. The number of aromatic nitrogens is 3. The van der Waals surface area contributed by atoms with Crippen molar-refractivity contribution in [3.8, 4) is 11.1 Å². The molecule has 3 rings (SSSR count). The SMILES string of the molecule is O=C(O)CC/C(O)=c1\c(=O)cc(-c2ccc(F)c(C(F)(F)F)c2)c2ncnn12. The van der Waals surface area contributed by atoms with Crippen molar-refractivity contribution in [3.63, 3.8) is 0 Å². The maximum atomic E-state index is 13.5. The molecule has 0 aliphatic carbocycles. The number of fused-ring (bicyclic) bond motifs is 1. The highest BCUT2D eigenvalue weighted by Gasteiger charge is 2.34. The zero-order chi connectivity index (χ0) is 20.6. The van der Waals surface area contributed by atoms with E-state index in [-0.39, 0.29) is 28.5 Å². The van der Waals surface area contributed by atoms with Crippen LogP contribution in [0, 0.1) is 5.82 Å². The first kappa shape index (κ1) is 19.3. The summed E-state index contributed by atoms with van der Waals surface area (Å²) in [6.45, 7) is 0. The van der Waals surface area contributed by atoms with Crippen molar-refractivity contribution in [3.05, 3.63) is 57.5 Å². The number of aliphatic hydroxyl groups excluding tert-OH is 1. The number of nitrogens with zero attached hydrogens (tertiary/aromatic N) is 3. The van der Waals surface area contributed by atoms with E-state index in [4.69, 9.17) is 5.11 Å². The molecule has 0 fully saturated rings. The van der Waals surface area contributed by atoms with E-state index in [9.17, 15) is 32.3 Å². The molecule has 11 heteroatoms. The Hall–Kier alpha value is -3.50. The van der Waals surface area contributed by atoms with E-state index < -0.39 is 41.1 Å². The number of hydrogen-bond acceptors (Lipinski definition) is 5. The summed E-state index contributed by atoms with van der Waals surface area (Å²) in [5, 5.41) is 22.2. The summed E-state index contributed by atoms with van der Waals surface area (Å²) in [7, 11) is 0. The number of pyridine rings is 1. The average molecular weight is 397 g/mol. The van der Waals surface area contributed by atoms with Crippen LogP contribution in [-0.4, -0.2) is 30.8 Å². The maximum Gasteiger partial charge on any atom is 0.419 e. The third-order valence-corrected chi connectivity index (χ3v) is 3.94. The number of rotatable bonds is 4. The van der Waals surface area contributed by atoms with Crippen LogP contribution in [0.25, 0.3) is 22.5 Å². The standard InChI is InChI=1S/C17H11F4N3O4/c18-11-2-1-8(5-10(11)17(19,20)21)9-6-13(26)15(12(25)3-4-14(27)28)24-16(9)22-7-23-24/h1-2,5-7,25H,3-4H2,(H,27,28)/b15-12-. The summed E-state index contributed by atoms with van der Waals surface area (Å²) in [6.07, 6.45) is -4.72. The molecule has 0 spiro atoms. The number of carbonyl (C=O) groups is 1. The Labute approximate surface area is 153 Å². The lowest BCUT2D eigenvalue weighted by Crippen LogP contribution is -2.34. The van der Waals surface area contributed by atoms with Crippen molar-refractivity contribution >= 4 is 17.4 Å². The normalized spacial score (nSPS) is 13.0. The number of carboxylic acid groups (broad SMARTS) is 1. The first-order valence-corrected chi connectivity index (χ1v) is 7.77. The van der Waals surface area contributed by atoms with E-state index in [0.29, 0.717) is 12.1 Å². The van der Waals surface area contributed by atoms with Gasteiger partial charge in [0, 0.05) is 12.0 Å². The monoisotopic (exact) mass is 397 g/mol. The minimum atomic E-state index is -4.94. The fraction of sp³-hybridized carbons (Fsp3) is 0.176. The quantitative estimate of drug-likeness (QED) is 0.654. The molecule has 0 saturated heterocycles. The maximum absolute atomic E-state index is 13.5. The summed E-state index contributed by atoms with van der Waals surface area (Å²) >= 11 is 0. The Balaban J connectivity index is 2.26. The minimum Gasteiger partial charge on any atom is -0.510 e. The van der Waals surface area contributed by atoms with Gasteiger partial charge in [-0.1, -0.05) is 6.07 Å². The van der Waals surface area contributed by atoms with Crippen LogP contribution in [0.2, 0.25) is 0 Å². The molecule has 0 radical (unpaired) electrons. The van der Waals surface area contributed by atoms with Crippen molar-refractivity contribution in [2.75, 3.05) is 0 Å². The Bertz CT molecular complexity index is 1190. The molecule has 146 valence electrons. The van der Waals surface area contributed by atoms with Crippen LogP contribution in [-0.2, 0) is 11.0 Å². The first-order valence-electron chi connectivity index (χ1n) is 7.77. The molecule has 0 saturated carbocycles. The Morgan fingerprint density at radius 1 is 1.14 bits per heavy atom. The zero-order valence-corrected chi connectivity index (χ0v) is 13.9. The second-order valence-corrected chi connectivity index (χ2v) is 5.80. The lowest BCUT2D eigenvalue weighted by Gasteiger charge is -2.11. The number of aliphatic carboxylic acids is 1. The van der Waals surface area contributed by atoms with Gasteiger partial charge in [-0.2, -0.15) is 18.3 Å². The number of aliphatic hydroxyl groups is 1. The smallest absolute Gasteiger partial charge is 0.419 e. The second kappa shape index (κ2) is 6.91. The van der Waals surface area contributed by atoms with Crippen LogP contribution >= 0.6 is 0 Å². The van der Waals surface area contributed by atoms with Crippen LogP contribution in [0.1, 0.15) is 18.4 Å². The largest absolute Gasteiger partial charge is 0.510 e. The third-order valence-electron chi connectivity index (χ3n) is 3.94. The minimum absolute atomic E-state index is 0.0530. The van der Waals surface area contributed by atoms with Gasteiger partial charge >= 0.3 is 12.1 Å². The summed E-state index contributed by atoms with van der Waals surface area (Å²) in [5.41, 5.74) is -2.55. The number of alkyl halides is 3. The number of carboxylic acids is 1. The van der Waals surface area contributed by atoms with Gasteiger partial charge in [-0.05, 0) is 23.8 Å². The van der Waals surface area contributed by atoms with Gasteiger partial charge in [0.05, 0.1) is 12.0 Å². The van der Waals surface area contributed by atoms with Crippen LogP contribution in [0.4, 0.5) is 17.6 Å². The van der Waals surface area contributed by atoms with Crippen LogP contribution < -0.4 is 10.8 Å². The number of halogens is 4. The highest BCUT2D eigenvalue weighted by atomic mass is 19.4. The second-order valence-electron chi connectivity index (χ2n) is 5.80. The van der Waals surface area contributed by atoms with E-state index in [2.05, 4.69) is 10.1 Å². The van der Waals surface area contributed by atoms with E-state index in [1.165, 1.54) is 0 Å². The first-order chi connectivity index (χ1) is 13.1. The molecule has 0 aliphatic rings. The molecule has 0 atom stereocenters. The fourth-order valence-electron chi connectivity index (χ4n) is 2.69. The summed E-state index contributed by atoms with van der Waals surface area (Å²) in [5.74, 6) is -3.21. The molecule has 0 bridgehead atoms. The van der Waals surface area contributed by atoms with Crippen molar-refractivity contribution < 1.29 is 32.6 Å². The molecule has 0 aliphatic heterocycles. The van der Waals surface area contributed by atoms with Gasteiger partial charge in [-0.15, -0.1) is 0 Å². The van der Waals surface area contributed by atoms with Crippen molar-refractivity contribution in [2.45, 2.75) is 19.0 Å². The Morgan fingerprint density at radius 3 is 2.50 bits per heavy atom. The summed E-state index contributed by atoms with van der Waals surface area (Å²) in [6, 6.07) is 3.16. The van der Waals surface area contributed by atoms with Crippen LogP contribution in [0.15, 0.2) is 35.4 Å². The van der Waals surface area contributed by atoms with E-state index in [1.807, 2.05) is 0 Å². The lowest BCUT2D eigenvalue weighted by molar-refractivity contribution is -0.140. The molecule has 1 aromatic carbocycles. The predicted octanol–water partition coefficient (Wildman–Crippen LogP) is 2.16. The van der Waals surface area contributed by atoms with Gasteiger partial charge in [-0.25, -0.2) is 13.9 Å². The summed E-state index contributed by atoms with van der Waals surface area (Å²) in [4.78, 5) is 27.0. The van der Waals surface area contributed by atoms with Crippen LogP contribution in [0.3, 0.4) is 0 Å². The number of hydrogen-bond donors (Lipinski definition) is 2. The van der Waals surface area contributed by atoms with Gasteiger partial charge < -0.3 is 10.2 Å².